The quantitative estimate of drug-likeness (QED) is 0.650. The smallest absolute Gasteiger partial charge is 0.314 e. The highest BCUT2D eigenvalue weighted by molar-refractivity contribution is 9.10. The first kappa shape index (κ1) is 15.4. The number of nitro benzene ring substituents is 1. The van der Waals surface area contributed by atoms with Gasteiger partial charge in [0.15, 0.2) is 5.82 Å². The predicted molar refractivity (Wildman–Crippen MR) is 80.0 cm³/mol. The average molecular weight is 355 g/mol. The second kappa shape index (κ2) is 6.64. The van der Waals surface area contributed by atoms with Gasteiger partial charge >= 0.3 is 5.69 Å². The molecule has 110 valence electrons. The number of nitro groups is 1. The van der Waals surface area contributed by atoms with Gasteiger partial charge in [0.1, 0.15) is 5.75 Å². The second-order valence-electron chi connectivity index (χ2n) is 4.23. The largest absolute Gasteiger partial charge is 0.447 e. The molecule has 2 rings (SSSR count). The fourth-order valence-corrected chi connectivity index (χ4v) is 2.28. The summed E-state index contributed by atoms with van der Waals surface area (Å²) in [5.41, 5.74) is 0.582. The Bertz CT molecular complexity index is 679. The zero-order valence-corrected chi connectivity index (χ0v) is 12.7. The van der Waals surface area contributed by atoms with Crippen LogP contribution in [0.1, 0.15) is 5.56 Å². The summed E-state index contributed by atoms with van der Waals surface area (Å²) in [6, 6.07) is 8.65. The molecule has 0 aliphatic heterocycles. The molecule has 1 N–H and O–H groups in total. The Kier molecular flexibility index (Phi) is 4.87. The molecule has 21 heavy (non-hydrogen) atoms. The molecule has 0 amide bonds. The highest BCUT2D eigenvalue weighted by Gasteiger charge is 2.20. The molecule has 0 aromatic heterocycles. The van der Waals surface area contributed by atoms with Crippen molar-refractivity contribution in [3.8, 4) is 11.5 Å². The Morgan fingerprint density at radius 3 is 2.76 bits per heavy atom. The van der Waals surface area contributed by atoms with Crippen LogP contribution in [0.2, 0.25) is 0 Å². The van der Waals surface area contributed by atoms with E-state index < -0.39 is 22.2 Å². The summed E-state index contributed by atoms with van der Waals surface area (Å²) in [5, 5.41) is 13.9. The number of rotatable bonds is 5. The molecule has 0 heterocycles. The summed E-state index contributed by atoms with van der Waals surface area (Å²) in [4.78, 5) is 10.2. The number of benzene rings is 2. The first-order valence-corrected chi connectivity index (χ1v) is 6.86. The zero-order chi connectivity index (χ0) is 15.4. The van der Waals surface area contributed by atoms with Gasteiger partial charge in [-0.15, -0.1) is 0 Å². The minimum atomic E-state index is -0.778. The topological polar surface area (TPSA) is 64.4 Å². The van der Waals surface area contributed by atoms with Crippen molar-refractivity contribution in [1.82, 2.24) is 5.32 Å². The Morgan fingerprint density at radius 1 is 1.38 bits per heavy atom. The van der Waals surface area contributed by atoms with Gasteiger partial charge in [-0.05, 0) is 30.8 Å². The van der Waals surface area contributed by atoms with Gasteiger partial charge in [0, 0.05) is 17.1 Å². The first-order chi connectivity index (χ1) is 10.0. The molecule has 0 saturated heterocycles. The lowest BCUT2D eigenvalue weighted by Crippen LogP contribution is -2.05. The molecular formula is C14H12BrFN2O3. The summed E-state index contributed by atoms with van der Waals surface area (Å²) in [5.74, 6) is -0.856. The highest BCUT2D eigenvalue weighted by atomic mass is 79.9. The number of ether oxygens (including phenoxy) is 1. The van der Waals surface area contributed by atoms with E-state index in [0.717, 1.165) is 16.1 Å². The third-order valence-electron chi connectivity index (χ3n) is 2.75. The summed E-state index contributed by atoms with van der Waals surface area (Å²) < 4.78 is 19.9. The van der Waals surface area contributed by atoms with E-state index in [4.69, 9.17) is 4.74 Å². The van der Waals surface area contributed by atoms with Gasteiger partial charge in [0.05, 0.1) is 4.92 Å². The Morgan fingerprint density at radius 2 is 2.14 bits per heavy atom. The second-order valence-corrected chi connectivity index (χ2v) is 5.09. The van der Waals surface area contributed by atoms with Crippen molar-refractivity contribution in [2.45, 2.75) is 6.54 Å². The number of hydrogen-bond donors (Lipinski definition) is 1. The van der Waals surface area contributed by atoms with Gasteiger partial charge in [0.25, 0.3) is 0 Å². The number of para-hydroxylation sites is 1. The molecule has 7 heteroatoms. The lowest BCUT2D eigenvalue weighted by atomic mass is 10.2. The van der Waals surface area contributed by atoms with Crippen LogP contribution >= 0.6 is 15.9 Å². The molecule has 0 radical (unpaired) electrons. The molecule has 0 aliphatic carbocycles. The van der Waals surface area contributed by atoms with E-state index in [0.29, 0.717) is 12.3 Å². The van der Waals surface area contributed by atoms with Gasteiger partial charge in [-0.1, -0.05) is 28.1 Å². The molecule has 2 aromatic rings. The molecule has 0 bridgehead atoms. The van der Waals surface area contributed by atoms with E-state index in [1.807, 2.05) is 7.05 Å². The van der Waals surface area contributed by atoms with Crippen LogP contribution in [0.15, 0.2) is 40.9 Å². The van der Waals surface area contributed by atoms with Gasteiger partial charge in [0.2, 0.25) is 5.75 Å². The summed E-state index contributed by atoms with van der Waals surface area (Å²) in [6.45, 7) is 0.653. The Labute approximate surface area is 129 Å². The van der Waals surface area contributed by atoms with Crippen LogP contribution in [0.5, 0.6) is 11.5 Å². The normalized spacial score (nSPS) is 10.4. The SMILES string of the molecule is CNCc1ccc(Oc2c(F)cccc2[N+](=O)[O-])cc1Br. The number of hydrogen-bond acceptors (Lipinski definition) is 4. The van der Waals surface area contributed by atoms with E-state index >= 15 is 0 Å². The van der Waals surface area contributed by atoms with Crippen LogP contribution in [-0.2, 0) is 6.54 Å². The van der Waals surface area contributed by atoms with Crippen LogP contribution in [0.3, 0.4) is 0 Å². The summed E-state index contributed by atoms with van der Waals surface area (Å²) >= 11 is 3.38. The summed E-state index contributed by atoms with van der Waals surface area (Å²) in [7, 11) is 1.82. The third kappa shape index (κ3) is 3.56. The van der Waals surface area contributed by atoms with Crippen LogP contribution in [0.4, 0.5) is 10.1 Å². The average Bonchev–Trinajstić information content (AvgIpc) is 2.44. The monoisotopic (exact) mass is 354 g/mol. The van der Waals surface area contributed by atoms with Crippen molar-refractivity contribution in [2.75, 3.05) is 7.05 Å². The molecule has 0 saturated carbocycles. The molecule has 0 fully saturated rings. The van der Waals surface area contributed by atoms with Crippen molar-refractivity contribution in [1.29, 1.82) is 0 Å². The Hall–Kier alpha value is -1.99. The van der Waals surface area contributed by atoms with Gasteiger partial charge in [-0.2, -0.15) is 0 Å². The maximum Gasteiger partial charge on any atom is 0.314 e. The first-order valence-electron chi connectivity index (χ1n) is 6.06. The number of halogens is 2. The molecule has 0 atom stereocenters. The lowest BCUT2D eigenvalue weighted by molar-refractivity contribution is -0.385. The molecule has 5 nitrogen and oxygen atoms in total. The van der Waals surface area contributed by atoms with E-state index in [2.05, 4.69) is 21.2 Å². The molecule has 0 aliphatic rings. The van der Waals surface area contributed by atoms with Crippen LogP contribution in [-0.4, -0.2) is 12.0 Å². The molecule has 0 spiro atoms. The summed E-state index contributed by atoms with van der Waals surface area (Å²) in [6.07, 6.45) is 0. The molecule has 2 aromatic carbocycles. The van der Waals surface area contributed by atoms with Gasteiger partial charge < -0.3 is 10.1 Å². The number of nitrogens with one attached hydrogen (secondary N) is 1. The van der Waals surface area contributed by atoms with E-state index in [1.165, 1.54) is 12.1 Å². The van der Waals surface area contributed by atoms with Crippen LogP contribution in [0, 0.1) is 15.9 Å². The van der Waals surface area contributed by atoms with Crippen molar-refractivity contribution in [3.63, 3.8) is 0 Å². The van der Waals surface area contributed by atoms with E-state index in [-0.39, 0.29) is 0 Å². The fraction of sp³-hybridized carbons (Fsp3) is 0.143. The fourth-order valence-electron chi connectivity index (χ4n) is 1.79. The minimum Gasteiger partial charge on any atom is -0.447 e. The third-order valence-corrected chi connectivity index (χ3v) is 3.49. The van der Waals surface area contributed by atoms with E-state index in [9.17, 15) is 14.5 Å². The van der Waals surface area contributed by atoms with Gasteiger partial charge in [-0.3, -0.25) is 10.1 Å². The molecular weight excluding hydrogens is 343 g/mol. The highest BCUT2D eigenvalue weighted by Crippen LogP contribution is 2.35. The van der Waals surface area contributed by atoms with Crippen molar-refractivity contribution < 1.29 is 14.1 Å². The lowest BCUT2D eigenvalue weighted by Gasteiger charge is -2.09. The Balaban J connectivity index is 2.34. The maximum atomic E-state index is 13.7. The van der Waals surface area contributed by atoms with Crippen molar-refractivity contribution in [3.05, 3.63) is 62.4 Å². The van der Waals surface area contributed by atoms with Gasteiger partial charge in [-0.25, -0.2) is 4.39 Å². The van der Waals surface area contributed by atoms with E-state index in [1.54, 1.807) is 18.2 Å². The standard InChI is InChI=1S/C14H12BrFN2O3/c1-17-8-9-5-6-10(7-11(9)15)21-14-12(16)3-2-4-13(14)18(19)20/h2-7,17H,8H2,1H3. The molecule has 0 unspecified atom stereocenters. The number of nitrogens with zero attached hydrogens (tertiary/aromatic N) is 1. The zero-order valence-electron chi connectivity index (χ0n) is 11.1. The van der Waals surface area contributed by atoms with Crippen molar-refractivity contribution >= 4 is 21.6 Å². The van der Waals surface area contributed by atoms with Crippen molar-refractivity contribution in [2.24, 2.45) is 0 Å². The maximum absolute atomic E-state index is 13.7. The predicted octanol–water partition coefficient (Wildman–Crippen LogP) is 4.01. The minimum absolute atomic E-state index is 0.315. The van der Waals surface area contributed by atoms with Crippen LogP contribution < -0.4 is 10.1 Å². The van der Waals surface area contributed by atoms with Crippen LogP contribution in [0.25, 0.3) is 0 Å².